The smallest absolute Gasteiger partial charge is 0.190 e. The molecule has 6 heteroatoms. The molecule has 94 valence electrons. The van der Waals surface area contributed by atoms with Crippen molar-refractivity contribution in [3.05, 3.63) is 39.5 Å². The third-order valence-corrected chi connectivity index (χ3v) is 3.55. The van der Waals surface area contributed by atoms with Gasteiger partial charge in [-0.25, -0.2) is 9.97 Å². The maximum absolute atomic E-state index is 5.95. The Bertz CT molecular complexity index is 577. The van der Waals surface area contributed by atoms with E-state index in [0.717, 1.165) is 15.7 Å². The van der Waals surface area contributed by atoms with Gasteiger partial charge in [0.25, 0.3) is 0 Å². The maximum Gasteiger partial charge on any atom is 0.190 e. The molecule has 2 rings (SSSR count). The van der Waals surface area contributed by atoms with Crippen molar-refractivity contribution in [2.75, 3.05) is 11.6 Å². The molecule has 0 aliphatic carbocycles. The number of rotatable bonds is 3. The van der Waals surface area contributed by atoms with Crippen molar-refractivity contribution in [3.8, 4) is 0 Å². The molecular formula is C12H11BrClN3S. The highest BCUT2D eigenvalue weighted by molar-refractivity contribution is 9.10. The summed E-state index contributed by atoms with van der Waals surface area (Å²) in [4.78, 5) is 8.46. The Labute approximate surface area is 124 Å². The molecule has 2 aromatic rings. The minimum atomic E-state index is 0.435. The molecule has 0 atom stereocenters. The van der Waals surface area contributed by atoms with Crippen molar-refractivity contribution >= 4 is 50.8 Å². The third-order valence-electron chi connectivity index (χ3n) is 2.32. The highest BCUT2D eigenvalue weighted by Gasteiger charge is 2.05. The molecule has 1 aromatic heterocycles. The molecule has 0 unspecified atom stereocenters. The molecule has 0 amide bonds. The van der Waals surface area contributed by atoms with Gasteiger partial charge in [-0.2, -0.15) is 0 Å². The number of halogens is 2. The first-order valence-electron chi connectivity index (χ1n) is 5.20. The Morgan fingerprint density at radius 1 is 1.28 bits per heavy atom. The van der Waals surface area contributed by atoms with Crippen molar-refractivity contribution in [3.63, 3.8) is 0 Å². The predicted octanol–water partition coefficient (Wildman–Crippen LogP) is 4.67. The first-order chi connectivity index (χ1) is 8.58. The molecule has 1 heterocycles. The molecule has 0 aliphatic rings. The van der Waals surface area contributed by atoms with Crippen molar-refractivity contribution < 1.29 is 0 Å². The second-order valence-electron chi connectivity index (χ2n) is 3.65. The SMILES string of the molecule is CSc1nc(Cl)cc(Nc2cc(Br)ccc2C)n1. The van der Waals surface area contributed by atoms with Crippen molar-refractivity contribution in [2.24, 2.45) is 0 Å². The van der Waals surface area contributed by atoms with E-state index in [4.69, 9.17) is 11.6 Å². The molecule has 0 saturated carbocycles. The molecule has 0 saturated heterocycles. The van der Waals surface area contributed by atoms with E-state index < -0.39 is 0 Å². The molecule has 0 fully saturated rings. The Balaban J connectivity index is 2.33. The van der Waals surface area contributed by atoms with E-state index in [2.05, 4.69) is 31.2 Å². The second-order valence-corrected chi connectivity index (χ2v) is 5.72. The van der Waals surface area contributed by atoms with Gasteiger partial charge < -0.3 is 5.32 Å². The summed E-state index contributed by atoms with van der Waals surface area (Å²) in [6, 6.07) is 7.75. The molecule has 1 N–H and O–H groups in total. The summed E-state index contributed by atoms with van der Waals surface area (Å²) in [5, 5.41) is 4.33. The quantitative estimate of drug-likeness (QED) is 0.499. The van der Waals surface area contributed by atoms with Crippen LogP contribution in [-0.4, -0.2) is 16.2 Å². The van der Waals surface area contributed by atoms with Crippen LogP contribution in [0.4, 0.5) is 11.5 Å². The number of hydrogen-bond donors (Lipinski definition) is 1. The van der Waals surface area contributed by atoms with Crippen molar-refractivity contribution in [1.82, 2.24) is 9.97 Å². The highest BCUT2D eigenvalue weighted by Crippen LogP contribution is 2.25. The zero-order chi connectivity index (χ0) is 13.1. The molecular weight excluding hydrogens is 334 g/mol. The van der Waals surface area contributed by atoms with Crippen molar-refractivity contribution in [1.29, 1.82) is 0 Å². The zero-order valence-electron chi connectivity index (χ0n) is 9.87. The summed E-state index contributed by atoms with van der Waals surface area (Å²) >= 11 is 10.9. The standard InChI is InChI=1S/C12H11BrClN3S/c1-7-3-4-8(13)5-9(7)15-11-6-10(14)16-12(17-11)18-2/h3-6H,1-2H3,(H,15,16,17). The summed E-state index contributed by atoms with van der Waals surface area (Å²) in [6.07, 6.45) is 1.92. The Morgan fingerprint density at radius 2 is 2.06 bits per heavy atom. The zero-order valence-corrected chi connectivity index (χ0v) is 13.0. The number of anilines is 2. The molecule has 0 radical (unpaired) electrons. The number of thioether (sulfide) groups is 1. The van der Waals surface area contributed by atoms with Crippen LogP contribution in [0.3, 0.4) is 0 Å². The fraction of sp³-hybridized carbons (Fsp3) is 0.167. The molecule has 0 spiro atoms. The van der Waals surface area contributed by atoms with Gasteiger partial charge in [-0.15, -0.1) is 0 Å². The molecule has 18 heavy (non-hydrogen) atoms. The van der Waals surface area contributed by atoms with Crippen LogP contribution in [0.25, 0.3) is 0 Å². The van der Waals surface area contributed by atoms with Gasteiger partial charge in [0.2, 0.25) is 0 Å². The van der Waals surface area contributed by atoms with Crippen LogP contribution >= 0.6 is 39.3 Å². The van der Waals surface area contributed by atoms with E-state index in [-0.39, 0.29) is 0 Å². The van der Waals surface area contributed by atoms with E-state index in [9.17, 15) is 0 Å². The molecule has 3 nitrogen and oxygen atoms in total. The monoisotopic (exact) mass is 343 g/mol. The summed E-state index contributed by atoms with van der Waals surface area (Å²) in [5.74, 6) is 0.695. The minimum absolute atomic E-state index is 0.435. The van der Waals surface area contributed by atoms with Gasteiger partial charge in [0.15, 0.2) is 5.16 Å². The lowest BCUT2D eigenvalue weighted by molar-refractivity contribution is 0.976. The van der Waals surface area contributed by atoms with E-state index in [1.54, 1.807) is 6.07 Å². The van der Waals surface area contributed by atoms with Crippen LogP contribution in [0, 0.1) is 6.92 Å². The first-order valence-corrected chi connectivity index (χ1v) is 7.60. The van der Waals surface area contributed by atoms with Crippen LogP contribution in [0.5, 0.6) is 0 Å². The van der Waals surface area contributed by atoms with Gasteiger partial charge in [-0.1, -0.05) is 45.4 Å². The van der Waals surface area contributed by atoms with Crippen LogP contribution in [0.1, 0.15) is 5.56 Å². The summed E-state index contributed by atoms with van der Waals surface area (Å²) < 4.78 is 1.01. The largest absolute Gasteiger partial charge is 0.340 e. The van der Waals surface area contributed by atoms with Gasteiger partial charge in [-0.3, -0.25) is 0 Å². The number of nitrogens with zero attached hydrogens (tertiary/aromatic N) is 2. The lowest BCUT2D eigenvalue weighted by Crippen LogP contribution is -1.98. The van der Waals surface area contributed by atoms with Gasteiger partial charge in [-0.05, 0) is 30.9 Å². The van der Waals surface area contributed by atoms with Crippen molar-refractivity contribution in [2.45, 2.75) is 12.1 Å². The second kappa shape index (κ2) is 5.91. The van der Waals surface area contributed by atoms with Gasteiger partial charge in [0.1, 0.15) is 11.0 Å². The van der Waals surface area contributed by atoms with Crippen LogP contribution in [0.2, 0.25) is 5.15 Å². The molecule has 1 aromatic carbocycles. The third kappa shape index (κ3) is 3.37. The van der Waals surface area contributed by atoms with E-state index in [0.29, 0.717) is 16.1 Å². The summed E-state index contributed by atoms with van der Waals surface area (Å²) in [6.45, 7) is 2.03. The number of aryl methyl sites for hydroxylation is 1. The Hall–Kier alpha value is -0.780. The Morgan fingerprint density at radius 3 is 2.78 bits per heavy atom. The van der Waals surface area contributed by atoms with Gasteiger partial charge in [0, 0.05) is 16.2 Å². The van der Waals surface area contributed by atoms with Crippen LogP contribution in [0.15, 0.2) is 33.9 Å². The number of nitrogens with one attached hydrogen (secondary N) is 1. The van der Waals surface area contributed by atoms with Crippen LogP contribution < -0.4 is 5.32 Å². The lowest BCUT2D eigenvalue weighted by Gasteiger charge is -2.10. The first kappa shape index (κ1) is 13.6. The molecule has 0 aliphatic heterocycles. The summed E-state index contributed by atoms with van der Waals surface area (Å²) in [5.41, 5.74) is 2.13. The fourth-order valence-electron chi connectivity index (χ4n) is 1.42. The number of benzene rings is 1. The normalized spacial score (nSPS) is 10.4. The topological polar surface area (TPSA) is 37.8 Å². The van der Waals surface area contributed by atoms with E-state index in [1.165, 1.54) is 11.8 Å². The van der Waals surface area contributed by atoms with Gasteiger partial charge >= 0.3 is 0 Å². The van der Waals surface area contributed by atoms with Crippen LogP contribution in [-0.2, 0) is 0 Å². The number of hydrogen-bond acceptors (Lipinski definition) is 4. The van der Waals surface area contributed by atoms with E-state index >= 15 is 0 Å². The fourth-order valence-corrected chi connectivity index (χ4v) is 2.39. The minimum Gasteiger partial charge on any atom is -0.340 e. The highest BCUT2D eigenvalue weighted by atomic mass is 79.9. The maximum atomic E-state index is 5.95. The van der Waals surface area contributed by atoms with E-state index in [1.807, 2.05) is 31.4 Å². The summed E-state index contributed by atoms with van der Waals surface area (Å²) in [7, 11) is 0. The molecule has 0 bridgehead atoms. The lowest BCUT2D eigenvalue weighted by atomic mass is 10.2. The predicted molar refractivity (Wildman–Crippen MR) is 81.0 cm³/mol. The van der Waals surface area contributed by atoms with Gasteiger partial charge in [0.05, 0.1) is 0 Å². The average Bonchev–Trinajstić information content (AvgIpc) is 2.33. The number of aromatic nitrogens is 2. The average molecular weight is 345 g/mol. The Kier molecular flexibility index (Phi) is 4.48.